The van der Waals surface area contributed by atoms with Crippen molar-refractivity contribution in [3.05, 3.63) is 47.2 Å². The van der Waals surface area contributed by atoms with Crippen molar-refractivity contribution >= 4 is 17.7 Å². The van der Waals surface area contributed by atoms with Crippen molar-refractivity contribution in [2.75, 3.05) is 39.8 Å². The number of benzene rings is 1. The Kier molecular flexibility index (Phi) is 10.3. The molecule has 0 radical (unpaired) electrons. The van der Waals surface area contributed by atoms with Gasteiger partial charge in [-0.2, -0.15) is 13.2 Å². The maximum atomic E-state index is 13.8. The summed E-state index contributed by atoms with van der Waals surface area (Å²) in [5, 5.41) is 2.65. The van der Waals surface area contributed by atoms with E-state index in [1.54, 1.807) is 11.1 Å². The third-order valence-corrected chi connectivity index (χ3v) is 8.01. The number of alkyl halides is 3. The van der Waals surface area contributed by atoms with Gasteiger partial charge in [-0.15, -0.1) is 0 Å². The van der Waals surface area contributed by atoms with Crippen LogP contribution >= 0.6 is 0 Å². The number of hydrogen-bond acceptors (Lipinski definition) is 7. The third kappa shape index (κ3) is 7.91. The summed E-state index contributed by atoms with van der Waals surface area (Å²) in [5.74, 6) is -0.728. The molecule has 0 spiro atoms. The Balaban J connectivity index is 1.53. The first-order chi connectivity index (χ1) is 20.7. The number of rotatable bonds is 9. The molecule has 2 atom stereocenters. The van der Waals surface area contributed by atoms with Crippen molar-refractivity contribution in [1.82, 2.24) is 25.0 Å². The van der Waals surface area contributed by atoms with Crippen LogP contribution in [0, 0.1) is 0 Å². The topological polar surface area (TPSA) is 108 Å². The van der Waals surface area contributed by atoms with Gasteiger partial charge in [0.2, 0.25) is 17.7 Å². The molecule has 242 valence electrons. The van der Waals surface area contributed by atoms with Crippen molar-refractivity contribution in [2.45, 2.75) is 83.7 Å². The van der Waals surface area contributed by atoms with Crippen LogP contribution in [0.4, 0.5) is 13.2 Å². The molecule has 2 fully saturated rings. The van der Waals surface area contributed by atoms with E-state index in [1.807, 2.05) is 34.7 Å². The summed E-state index contributed by atoms with van der Waals surface area (Å²) < 4.78 is 52.4. The monoisotopic (exact) mass is 621 g/mol. The Morgan fingerprint density at radius 1 is 1.11 bits per heavy atom. The van der Waals surface area contributed by atoms with E-state index in [0.29, 0.717) is 50.7 Å². The van der Waals surface area contributed by atoms with E-state index in [0.717, 1.165) is 25.2 Å². The normalized spacial score (nSPS) is 18.8. The molecule has 0 aliphatic carbocycles. The molecule has 2 saturated heterocycles. The van der Waals surface area contributed by atoms with Crippen LogP contribution in [0.1, 0.15) is 81.0 Å². The summed E-state index contributed by atoms with van der Waals surface area (Å²) in [6.45, 7) is 10.5. The van der Waals surface area contributed by atoms with Gasteiger partial charge in [-0.3, -0.25) is 14.4 Å². The zero-order valence-electron chi connectivity index (χ0n) is 26.0. The summed E-state index contributed by atoms with van der Waals surface area (Å²) in [4.78, 5) is 50.2. The third-order valence-electron chi connectivity index (χ3n) is 8.01. The van der Waals surface area contributed by atoms with Gasteiger partial charge in [0, 0.05) is 38.1 Å². The molecule has 0 bridgehead atoms. The molecule has 2 aliphatic rings. The molecule has 1 aromatic heterocycles. The minimum Gasteiger partial charge on any atom is -0.483 e. The molecule has 3 heterocycles. The molecule has 1 N–H and O–H groups in total. The molecular formula is C31H42F3N5O5. The lowest BCUT2D eigenvalue weighted by molar-refractivity contribution is -0.145. The summed E-state index contributed by atoms with van der Waals surface area (Å²) in [6.07, 6.45) is -1.21. The molecule has 0 unspecified atom stereocenters. The number of likely N-dealkylation sites (tertiary alicyclic amines) is 1. The number of nitrogens with zero attached hydrogens (tertiary/aromatic N) is 4. The van der Waals surface area contributed by atoms with Crippen molar-refractivity contribution in [3.8, 4) is 5.75 Å². The van der Waals surface area contributed by atoms with E-state index in [2.05, 4.69) is 15.2 Å². The maximum Gasteiger partial charge on any atom is 0.416 e. The number of carbonyl (C=O) groups is 3. The lowest BCUT2D eigenvalue weighted by atomic mass is 9.94. The van der Waals surface area contributed by atoms with Gasteiger partial charge in [0.25, 0.3) is 5.91 Å². The van der Waals surface area contributed by atoms with Crippen molar-refractivity contribution < 1.29 is 36.7 Å². The summed E-state index contributed by atoms with van der Waals surface area (Å²) in [5.41, 5.74) is -1.71. The van der Waals surface area contributed by atoms with Gasteiger partial charge in [-0.05, 0) is 44.5 Å². The highest BCUT2D eigenvalue weighted by Gasteiger charge is 2.40. The highest BCUT2D eigenvalue weighted by Crippen LogP contribution is 2.33. The number of halogens is 3. The Morgan fingerprint density at radius 2 is 1.82 bits per heavy atom. The molecule has 2 aliphatic heterocycles. The molecule has 13 heteroatoms. The fraction of sp³-hybridized carbons (Fsp3) is 0.613. The van der Waals surface area contributed by atoms with Gasteiger partial charge in [0.05, 0.1) is 17.3 Å². The molecule has 4 rings (SSSR count). The predicted molar refractivity (Wildman–Crippen MR) is 156 cm³/mol. The van der Waals surface area contributed by atoms with Crippen LogP contribution in [0.5, 0.6) is 5.75 Å². The predicted octanol–water partition coefficient (Wildman–Crippen LogP) is 4.23. The van der Waals surface area contributed by atoms with Crippen LogP contribution in [0.25, 0.3) is 0 Å². The van der Waals surface area contributed by atoms with Crippen molar-refractivity contribution in [3.63, 3.8) is 0 Å². The smallest absolute Gasteiger partial charge is 0.416 e. The van der Waals surface area contributed by atoms with Crippen molar-refractivity contribution in [1.29, 1.82) is 0 Å². The van der Waals surface area contributed by atoms with Gasteiger partial charge in [0.1, 0.15) is 23.6 Å². The number of ether oxygens (including phenoxy) is 1. The summed E-state index contributed by atoms with van der Waals surface area (Å²) in [7, 11) is 1.99. The van der Waals surface area contributed by atoms with E-state index in [9.17, 15) is 27.6 Å². The zero-order valence-corrected chi connectivity index (χ0v) is 26.0. The van der Waals surface area contributed by atoms with Crippen LogP contribution in [-0.4, -0.2) is 89.3 Å². The molecule has 2 aromatic rings. The number of hydrogen-bond donors (Lipinski definition) is 1. The Hall–Kier alpha value is -3.61. The average molecular weight is 622 g/mol. The number of piperazine rings is 1. The number of amides is 3. The van der Waals surface area contributed by atoms with Gasteiger partial charge >= 0.3 is 6.18 Å². The highest BCUT2D eigenvalue weighted by molar-refractivity contribution is 6.00. The second-order valence-corrected chi connectivity index (χ2v) is 12.5. The van der Waals surface area contributed by atoms with Gasteiger partial charge < -0.3 is 29.2 Å². The molecule has 44 heavy (non-hydrogen) atoms. The van der Waals surface area contributed by atoms with Crippen LogP contribution in [0.15, 0.2) is 28.8 Å². The fourth-order valence-electron chi connectivity index (χ4n) is 5.38. The standard InChI is InChI=1S/C31H42F3N5O5/c1-6-8-22(28(41)39-12-7-9-23(39)29(42)38-15-13-37(5)14-16-38)36-27(40)21-17-20(31(32,33)34)10-11-24(21)43-19-26-35-18-25(44-26)30(2,3)4/h10-11,17-18,22-23H,6-9,12-16,19H2,1-5H3,(H,36,40)/t22-,23-/m1/s1. The number of oxazole rings is 1. The molecule has 3 amide bonds. The second kappa shape index (κ2) is 13.6. The first kappa shape index (κ1) is 33.3. The van der Waals surface area contributed by atoms with Crippen LogP contribution in [0.2, 0.25) is 0 Å². The van der Waals surface area contributed by atoms with E-state index >= 15 is 0 Å². The van der Waals surface area contributed by atoms with Crippen LogP contribution in [0.3, 0.4) is 0 Å². The average Bonchev–Trinajstić information content (AvgIpc) is 3.65. The number of nitrogens with one attached hydrogen (secondary N) is 1. The number of likely N-dealkylation sites (N-methyl/N-ethyl adjacent to an activating group) is 1. The lowest BCUT2D eigenvalue weighted by Crippen LogP contribution is -2.56. The number of aromatic nitrogens is 1. The summed E-state index contributed by atoms with van der Waals surface area (Å²) >= 11 is 0. The minimum absolute atomic E-state index is 0.111. The van der Waals surface area contributed by atoms with Gasteiger partial charge in [0.15, 0.2) is 6.61 Å². The lowest BCUT2D eigenvalue weighted by Gasteiger charge is -2.36. The van der Waals surface area contributed by atoms with Crippen molar-refractivity contribution in [2.24, 2.45) is 0 Å². The maximum absolute atomic E-state index is 13.8. The van der Waals surface area contributed by atoms with Gasteiger partial charge in [-0.1, -0.05) is 34.1 Å². The Labute approximate surface area is 255 Å². The Morgan fingerprint density at radius 3 is 2.43 bits per heavy atom. The molecular weight excluding hydrogens is 579 g/mol. The first-order valence-corrected chi connectivity index (χ1v) is 15.1. The largest absolute Gasteiger partial charge is 0.483 e. The number of carbonyl (C=O) groups excluding carboxylic acids is 3. The molecule has 10 nitrogen and oxygen atoms in total. The van der Waals surface area contributed by atoms with E-state index in [4.69, 9.17) is 9.15 Å². The fourth-order valence-corrected chi connectivity index (χ4v) is 5.38. The van der Waals surface area contributed by atoms with Crippen LogP contribution in [-0.2, 0) is 27.8 Å². The SMILES string of the molecule is CCC[C@@H](NC(=O)c1cc(C(F)(F)F)ccc1OCc1ncc(C(C)(C)C)o1)C(=O)N1CCC[C@@H]1C(=O)N1CCN(C)CC1. The zero-order chi connectivity index (χ0) is 32.2. The first-order valence-electron chi connectivity index (χ1n) is 15.1. The minimum atomic E-state index is -4.71. The van der Waals surface area contributed by atoms with E-state index < -0.39 is 35.6 Å². The summed E-state index contributed by atoms with van der Waals surface area (Å²) in [6, 6.07) is 0.956. The second-order valence-electron chi connectivity index (χ2n) is 12.5. The quantitative estimate of drug-likeness (QED) is 0.447. The molecule has 1 aromatic carbocycles. The van der Waals surface area contributed by atoms with E-state index in [-0.39, 0.29) is 41.6 Å². The molecule has 0 saturated carbocycles. The van der Waals surface area contributed by atoms with E-state index in [1.165, 1.54) is 4.90 Å². The Bertz CT molecular complexity index is 1330. The highest BCUT2D eigenvalue weighted by atomic mass is 19.4. The van der Waals surface area contributed by atoms with Gasteiger partial charge in [-0.25, -0.2) is 4.98 Å². The van der Waals surface area contributed by atoms with Crippen LogP contribution < -0.4 is 10.1 Å².